The average Bonchev–Trinajstić information content (AvgIpc) is 2.63. The number of nitrogens with zero attached hydrogens (tertiary/aromatic N) is 1. The second-order valence-electron chi connectivity index (χ2n) is 6.52. The SMILES string of the molecule is CC(=O)SCC(=Cc1cncc(Cl)c1)B1OC(C)(C)C(C)(C)O1. The molecular weight excluding hydrogens is 333 g/mol. The molecule has 2 rings (SSSR count). The highest BCUT2D eigenvalue weighted by atomic mass is 35.5. The minimum Gasteiger partial charge on any atom is -0.400 e. The first-order valence-electron chi connectivity index (χ1n) is 7.41. The first-order chi connectivity index (χ1) is 10.6. The zero-order chi connectivity index (χ0) is 17.3. The van der Waals surface area contributed by atoms with E-state index in [0.717, 1.165) is 11.0 Å². The summed E-state index contributed by atoms with van der Waals surface area (Å²) in [7, 11) is -0.495. The van der Waals surface area contributed by atoms with Crippen LogP contribution in [0.5, 0.6) is 0 Å². The standard InChI is InChI=1S/C16H21BClNO3S/c1-11(20)23-10-13(6-12-7-14(18)9-19-8-12)17-21-15(2,3)16(4,5)22-17/h6-9H,10H2,1-5H3. The Kier molecular flexibility index (Phi) is 5.61. The number of halogens is 1. The number of aromatic nitrogens is 1. The van der Waals surface area contributed by atoms with Crippen molar-refractivity contribution in [2.75, 3.05) is 5.75 Å². The fourth-order valence-corrected chi connectivity index (χ4v) is 2.85. The van der Waals surface area contributed by atoms with E-state index >= 15 is 0 Å². The first kappa shape index (κ1) is 18.5. The van der Waals surface area contributed by atoms with Crippen LogP contribution in [0.2, 0.25) is 5.02 Å². The van der Waals surface area contributed by atoms with Crippen LogP contribution in [0.25, 0.3) is 6.08 Å². The van der Waals surface area contributed by atoms with Crippen molar-refractivity contribution >= 4 is 41.7 Å². The van der Waals surface area contributed by atoms with Gasteiger partial charge in [-0.1, -0.05) is 29.4 Å². The van der Waals surface area contributed by atoms with Gasteiger partial charge in [-0.15, -0.1) is 0 Å². The molecule has 23 heavy (non-hydrogen) atoms. The summed E-state index contributed by atoms with van der Waals surface area (Å²) in [4.78, 5) is 15.4. The average molecular weight is 354 g/mol. The molecule has 0 aliphatic carbocycles. The molecule has 0 unspecified atom stereocenters. The topological polar surface area (TPSA) is 48.4 Å². The Balaban J connectivity index is 2.30. The smallest absolute Gasteiger partial charge is 0.400 e. The number of carbonyl (C=O) groups is 1. The zero-order valence-electron chi connectivity index (χ0n) is 14.1. The van der Waals surface area contributed by atoms with Crippen LogP contribution in [0.1, 0.15) is 40.2 Å². The maximum Gasteiger partial charge on any atom is 0.491 e. The van der Waals surface area contributed by atoms with Gasteiger partial charge in [0.2, 0.25) is 0 Å². The predicted octanol–water partition coefficient (Wildman–Crippen LogP) is 4.03. The van der Waals surface area contributed by atoms with Gasteiger partial charge in [0.05, 0.1) is 16.2 Å². The third-order valence-electron chi connectivity index (χ3n) is 4.08. The maximum atomic E-state index is 11.3. The second kappa shape index (κ2) is 6.97. The predicted molar refractivity (Wildman–Crippen MR) is 96.4 cm³/mol. The van der Waals surface area contributed by atoms with Crippen LogP contribution in [-0.4, -0.2) is 34.2 Å². The summed E-state index contributed by atoms with van der Waals surface area (Å²) in [5, 5.41) is 0.614. The summed E-state index contributed by atoms with van der Waals surface area (Å²) in [6.45, 7) is 9.56. The number of hydrogen-bond acceptors (Lipinski definition) is 5. The highest BCUT2D eigenvalue weighted by Gasteiger charge is 2.52. The molecule has 124 valence electrons. The molecule has 0 saturated carbocycles. The molecule has 0 radical (unpaired) electrons. The van der Waals surface area contributed by atoms with Crippen molar-refractivity contribution in [3.05, 3.63) is 34.5 Å². The van der Waals surface area contributed by atoms with Gasteiger partial charge in [-0.25, -0.2) is 0 Å². The Bertz CT molecular complexity index is 618. The lowest BCUT2D eigenvalue weighted by Crippen LogP contribution is -2.41. The Morgan fingerprint density at radius 2 is 1.91 bits per heavy atom. The highest BCUT2D eigenvalue weighted by Crippen LogP contribution is 2.39. The Morgan fingerprint density at radius 1 is 1.30 bits per heavy atom. The number of carbonyl (C=O) groups excluding carboxylic acids is 1. The van der Waals surface area contributed by atoms with Gasteiger partial charge in [-0.3, -0.25) is 9.78 Å². The van der Waals surface area contributed by atoms with Crippen LogP contribution >= 0.6 is 23.4 Å². The van der Waals surface area contributed by atoms with E-state index in [2.05, 4.69) is 4.98 Å². The van der Waals surface area contributed by atoms with E-state index in [4.69, 9.17) is 20.9 Å². The molecule has 0 amide bonds. The molecule has 1 aromatic heterocycles. The monoisotopic (exact) mass is 353 g/mol. The van der Waals surface area contributed by atoms with Crippen LogP contribution < -0.4 is 0 Å². The quantitative estimate of drug-likeness (QED) is 0.765. The van der Waals surface area contributed by atoms with Crippen LogP contribution in [0.15, 0.2) is 23.9 Å². The summed E-state index contributed by atoms with van der Waals surface area (Å²) < 4.78 is 12.2. The second-order valence-corrected chi connectivity index (χ2v) is 8.11. The zero-order valence-corrected chi connectivity index (χ0v) is 15.6. The molecule has 1 aromatic rings. The van der Waals surface area contributed by atoms with Gasteiger partial charge < -0.3 is 9.31 Å². The van der Waals surface area contributed by atoms with Crippen molar-refractivity contribution in [3.63, 3.8) is 0 Å². The summed E-state index contributed by atoms with van der Waals surface area (Å²) >= 11 is 7.22. The van der Waals surface area contributed by atoms with Crippen molar-refractivity contribution < 1.29 is 14.1 Å². The van der Waals surface area contributed by atoms with E-state index in [1.165, 1.54) is 11.8 Å². The van der Waals surface area contributed by atoms with Crippen LogP contribution in [0, 0.1) is 0 Å². The largest absolute Gasteiger partial charge is 0.491 e. The molecule has 0 atom stereocenters. The number of rotatable bonds is 4. The van der Waals surface area contributed by atoms with E-state index < -0.39 is 18.3 Å². The molecule has 0 bridgehead atoms. The molecule has 1 aliphatic heterocycles. The molecule has 0 aromatic carbocycles. The first-order valence-corrected chi connectivity index (χ1v) is 8.77. The van der Waals surface area contributed by atoms with Gasteiger partial charge in [0.25, 0.3) is 0 Å². The van der Waals surface area contributed by atoms with E-state index in [0.29, 0.717) is 10.8 Å². The van der Waals surface area contributed by atoms with Gasteiger partial charge >= 0.3 is 7.12 Å². The molecule has 1 fully saturated rings. The maximum absolute atomic E-state index is 11.3. The lowest BCUT2D eigenvalue weighted by molar-refractivity contribution is -0.109. The van der Waals surface area contributed by atoms with Gasteiger partial charge in [-0.2, -0.15) is 0 Å². The molecule has 2 heterocycles. The molecule has 4 nitrogen and oxygen atoms in total. The normalized spacial score (nSPS) is 19.9. The number of pyridine rings is 1. The third-order valence-corrected chi connectivity index (χ3v) is 5.17. The van der Waals surface area contributed by atoms with Gasteiger partial charge in [0.15, 0.2) is 5.12 Å². The fraction of sp³-hybridized carbons (Fsp3) is 0.500. The minimum absolute atomic E-state index is 0.0524. The van der Waals surface area contributed by atoms with Crippen LogP contribution in [0.4, 0.5) is 0 Å². The molecule has 0 N–H and O–H groups in total. The minimum atomic E-state index is -0.495. The molecule has 7 heteroatoms. The molecule has 1 saturated heterocycles. The van der Waals surface area contributed by atoms with Crippen molar-refractivity contribution in [1.29, 1.82) is 0 Å². The Morgan fingerprint density at radius 3 is 2.43 bits per heavy atom. The lowest BCUT2D eigenvalue weighted by atomic mass is 9.78. The Hall–Kier alpha value is -0.815. The van der Waals surface area contributed by atoms with Crippen molar-refractivity contribution in [2.24, 2.45) is 0 Å². The summed E-state index contributed by atoms with van der Waals surface area (Å²) in [6.07, 6.45) is 5.23. The van der Waals surface area contributed by atoms with Gasteiger partial charge in [0, 0.05) is 25.1 Å². The van der Waals surface area contributed by atoms with Crippen molar-refractivity contribution in [2.45, 2.75) is 45.8 Å². The van der Waals surface area contributed by atoms with Crippen LogP contribution in [0.3, 0.4) is 0 Å². The number of hydrogen-bond donors (Lipinski definition) is 0. The summed E-state index contributed by atoms with van der Waals surface area (Å²) in [6, 6.07) is 1.82. The van der Waals surface area contributed by atoms with E-state index in [-0.39, 0.29) is 5.12 Å². The van der Waals surface area contributed by atoms with Gasteiger partial charge in [0.1, 0.15) is 0 Å². The highest BCUT2D eigenvalue weighted by molar-refractivity contribution is 8.13. The van der Waals surface area contributed by atoms with E-state index in [1.807, 2.05) is 39.8 Å². The molecular formula is C16H21BClNO3S. The number of thioether (sulfide) groups is 1. The van der Waals surface area contributed by atoms with Crippen molar-refractivity contribution in [1.82, 2.24) is 4.98 Å². The van der Waals surface area contributed by atoms with E-state index in [1.54, 1.807) is 19.3 Å². The summed E-state index contributed by atoms with van der Waals surface area (Å²) in [5.41, 5.74) is 0.883. The van der Waals surface area contributed by atoms with Crippen molar-refractivity contribution in [3.8, 4) is 0 Å². The summed E-state index contributed by atoms with van der Waals surface area (Å²) in [5.74, 6) is 0.499. The van der Waals surface area contributed by atoms with E-state index in [9.17, 15) is 4.79 Å². The fourth-order valence-electron chi connectivity index (χ4n) is 2.08. The van der Waals surface area contributed by atoms with Crippen LogP contribution in [-0.2, 0) is 14.1 Å². The molecule has 1 aliphatic rings. The Labute approximate surface area is 147 Å². The van der Waals surface area contributed by atoms with Gasteiger partial charge in [-0.05, 0) is 44.8 Å². The molecule has 0 spiro atoms. The lowest BCUT2D eigenvalue weighted by Gasteiger charge is -2.32. The third kappa shape index (κ3) is 4.60.